The van der Waals surface area contributed by atoms with Crippen LogP contribution in [0, 0.1) is 11.6 Å². The first-order valence-electron chi connectivity index (χ1n) is 11.8. The van der Waals surface area contributed by atoms with Gasteiger partial charge in [0.1, 0.15) is 17.4 Å². The number of aliphatic hydroxyl groups excluding tert-OH is 1. The van der Waals surface area contributed by atoms with Crippen molar-refractivity contribution in [1.82, 2.24) is 4.90 Å². The normalized spacial score (nSPS) is 12.2. The number of alkyl halides is 3. The van der Waals surface area contributed by atoms with E-state index in [2.05, 4.69) is 0 Å². The highest BCUT2D eigenvalue weighted by Crippen LogP contribution is 2.32. The van der Waals surface area contributed by atoms with Crippen LogP contribution in [0.1, 0.15) is 28.7 Å². The lowest BCUT2D eigenvalue weighted by Crippen LogP contribution is -2.28. The van der Waals surface area contributed by atoms with Crippen LogP contribution in [0.2, 0.25) is 0 Å². The van der Waals surface area contributed by atoms with E-state index >= 15 is 0 Å². The van der Waals surface area contributed by atoms with E-state index in [9.17, 15) is 35.5 Å². The second-order valence-corrected chi connectivity index (χ2v) is 10.8. The van der Waals surface area contributed by atoms with E-state index in [4.69, 9.17) is 4.74 Å². The molecule has 0 saturated carbocycles. The van der Waals surface area contributed by atoms with E-state index in [1.54, 1.807) is 17.0 Å². The Balaban J connectivity index is 1.69. The Morgan fingerprint density at radius 3 is 2.29 bits per heavy atom. The monoisotopic (exact) mass is 557 g/mol. The van der Waals surface area contributed by atoms with E-state index < -0.39 is 34.0 Å². The van der Waals surface area contributed by atoms with Crippen molar-refractivity contribution < 1.29 is 40.2 Å². The van der Waals surface area contributed by atoms with Gasteiger partial charge < -0.3 is 9.84 Å². The van der Waals surface area contributed by atoms with Gasteiger partial charge in [-0.2, -0.15) is 13.2 Å². The molecule has 0 unspecified atom stereocenters. The molecule has 0 atom stereocenters. The summed E-state index contributed by atoms with van der Waals surface area (Å²) in [5.41, 5.74) is -0.369. The molecule has 206 valence electrons. The molecule has 3 aromatic rings. The van der Waals surface area contributed by atoms with Crippen LogP contribution >= 0.6 is 0 Å². The smallest absolute Gasteiger partial charge is 0.419 e. The highest BCUT2D eigenvalue weighted by molar-refractivity contribution is 7.90. The van der Waals surface area contributed by atoms with E-state index in [0.29, 0.717) is 32.0 Å². The number of rotatable bonds is 12. The molecule has 0 saturated heterocycles. The highest BCUT2D eigenvalue weighted by Gasteiger charge is 2.34. The second kappa shape index (κ2) is 12.7. The minimum absolute atomic E-state index is 0.0431. The summed E-state index contributed by atoms with van der Waals surface area (Å²) in [4.78, 5) is 1.74. The molecule has 0 spiro atoms. The van der Waals surface area contributed by atoms with Gasteiger partial charge in [0.05, 0.1) is 23.7 Å². The van der Waals surface area contributed by atoms with Crippen molar-refractivity contribution in [2.45, 2.75) is 37.1 Å². The van der Waals surface area contributed by atoms with Gasteiger partial charge in [0.2, 0.25) is 0 Å². The molecule has 0 bridgehead atoms. The van der Waals surface area contributed by atoms with Gasteiger partial charge in [-0.3, -0.25) is 4.90 Å². The fourth-order valence-electron chi connectivity index (χ4n) is 3.95. The van der Waals surface area contributed by atoms with E-state index in [-0.39, 0.29) is 40.7 Å². The van der Waals surface area contributed by atoms with Gasteiger partial charge in [0, 0.05) is 31.5 Å². The Hall–Kier alpha value is -3.02. The molecular formula is C27H28F5NO4S. The molecule has 0 aliphatic heterocycles. The van der Waals surface area contributed by atoms with Crippen LogP contribution in [-0.4, -0.2) is 44.4 Å². The number of halogens is 5. The first-order valence-corrected chi connectivity index (χ1v) is 13.7. The van der Waals surface area contributed by atoms with Gasteiger partial charge in [-0.25, -0.2) is 17.2 Å². The number of ether oxygens (including phenoxy) is 1. The number of hydrogen-bond donors (Lipinski definition) is 1. The Kier molecular flexibility index (Phi) is 9.86. The van der Waals surface area contributed by atoms with Crippen LogP contribution in [0.25, 0.3) is 0 Å². The fourth-order valence-corrected chi connectivity index (χ4v) is 4.89. The topological polar surface area (TPSA) is 66.8 Å². The molecule has 0 aliphatic rings. The van der Waals surface area contributed by atoms with Crippen molar-refractivity contribution in [3.63, 3.8) is 0 Å². The zero-order valence-corrected chi connectivity index (χ0v) is 21.5. The maximum Gasteiger partial charge on any atom is 0.419 e. The van der Waals surface area contributed by atoms with Gasteiger partial charge in [-0.05, 0) is 54.3 Å². The molecule has 0 amide bonds. The van der Waals surface area contributed by atoms with Gasteiger partial charge in [-0.1, -0.05) is 30.3 Å². The molecule has 3 rings (SSSR count). The number of nitrogens with zero attached hydrogens (tertiary/aromatic N) is 1. The van der Waals surface area contributed by atoms with Crippen LogP contribution in [0.5, 0.6) is 5.75 Å². The Bertz CT molecular complexity index is 1330. The van der Waals surface area contributed by atoms with Crippen molar-refractivity contribution in [3.05, 3.63) is 94.6 Å². The Morgan fingerprint density at radius 1 is 0.947 bits per heavy atom. The minimum atomic E-state index is -4.82. The molecule has 0 aliphatic carbocycles. The van der Waals surface area contributed by atoms with Crippen LogP contribution < -0.4 is 4.74 Å². The zero-order valence-electron chi connectivity index (χ0n) is 20.6. The summed E-state index contributed by atoms with van der Waals surface area (Å²) in [6.07, 6.45) is -2.93. The zero-order chi connectivity index (χ0) is 27.9. The molecule has 11 heteroatoms. The minimum Gasteiger partial charge on any atom is -0.494 e. The number of benzene rings is 3. The quantitative estimate of drug-likeness (QED) is 0.239. The molecule has 1 N–H and O–H groups in total. The van der Waals surface area contributed by atoms with Gasteiger partial charge in [0.15, 0.2) is 9.84 Å². The third-order valence-corrected chi connectivity index (χ3v) is 7.08. The Labute approximate surface area is 218 Å². The summed E-state index contributed by atoms with van der Waals surface area (Å²) in [5, 5.41) is 9.38. The molecule has 0 aromatic heterocycles. The summed E-state index contributed by atoms with van der Waals surface area (Å²) in [6.45, 7) is 0.327. The van der Waals surface area contributed by atoms with Gasteiger partial charge in [-0.15, -0.1) is 0 Å². The lowest BCUT2D eigenvalue weighted by molar-refractivity contribution is -0.140. The molecular weight excluding hydrogens is 529 g/mol. The molecule has 0 fully saturated rings. The average Bonchev–Trinajstić information content (AvgIpc) is 2.85. The molecule has 0 radical (unpaired) electrons. The summed E-state index contributed by atoms with van der Waals surface area (Å²) >= 11 is 0. The molecule has 38 heavy (non-hydrogen) atoms. The van der Waals surface area contributed by atoms with Crippen molar-refractivity contribution in [2.24, 2.45) is 0 Å². The predicted molar refractivity (Wildman–Crippen MR) is 132 cm³/mol. The lowest BCUT2D eigenvalue weighted by Gasteiger charge is -2.23. The third kappa shape index (κ3) is 8.24. The van der Waals surface area contributed by atoms with E-state index in [0.717, 1.165) is 17.9 Å². The van der Waals surface area contributed by atoms with Crippen LogP contribution in [0.3, 0.4) is 0 Å². The largest absolute Gasteiger partial charge is 0.494 e. The number of hydrogen-bond acceptors (Lipinski definition) is 5. The van der Waals surface area contributed by atoms with Crippen LogP contribution in [-0.2, 0) is 35.6 Å². The SMILES string of the molecule is CS(=O)(=O)c1cc(OCCCN(CCc2ccc(F)cc2)Cc2cccc(C(F)(F)F)c2F)ccc1CO. The second-order valence-electron chi connectivity index (χ2n) is 8.83. The maximum atomic E-state index is 14.7. The van der Waals surface area contributed by atoms with Crippen molar-refractivity contribution in [1.29, 1.82) is 0 Å². The van der Waals surface area contributed by atoms with Crippen molar-refractivity contribution in [2.75, 3.05) is 26.0 Å². The first-order chi connectivity index (χ1) is 17.9. The maximum absolute atomic E-state index is 14.7. The summed E-state index contributed by atoms with van der Waals surface area (Å²) in [6, 6.07) is 13.3. The van der Waals surface area contributed by atoms with Gasteiger partial charge >= 0.3 is 6.18 Å². The Morgan fingerprint density at radius 2 is 1.66 bits per heavy atom. The van der Waals surface area contributed by atoms with E-state index in [1.807, 2.05) is 0 Å². The van der Waals surface area contributed by atoms with Gasteiger partial charge in [0.25, 0.3) is 0 Å². The van der Waals surface area contributed by atoms with Crippen molar-refractivity contribution >= 4 is 9.84 Å². The molecule has 0 heterocycles. The number of aliphatic hydroxyl groups is 1. The standard InChI is InChI=1S/C27H28F5NO4S/c1-38(35,36)25-16-23(11-8-21(25)18-34)37-15-3-13-33(14-12-19-6-9-22(28)10-7-19)17-20-4-2-5-24(26(20)29)27(30,31)32/h2,4-11,16,34H,3,12-15,17-18H2,1H3. The molecule has 3 aromatic carbocycles. The summed E-state index contributed by atoms with van der Waals surface area (Å²) < 4.78 is 97.0. The fraction of sp³-hybridized carbons (Fsp3) is 0.333. The molecule has 5 nitrogen and oxygen atoms in total. The van der Waals surface area contributed by atoms with Crippen molar-refractivity contribution in [3.8, 4) is 5.75 Å². The summed E-state index contributed by atoms with van der Waals surface area (Å²) in [7, 11) is -3.59. The van der Waals surface area contributed by atoms with Crippen LogP contribution in [0.15, 0.2) is 65.6 Å². The van der Waals surface area contributed by atoms with E-state index in [1.165, 1.54) is 36.4 Å². The highest BCUT2D eigenvalue weighted by atomic mass is 32.2. The first kappa shape index (κ1) is 29.5. The number of sulfone groups is 1. The third-order valence-electron chi connectivity index (χ3n) is 5.90. The predicted octanol–water partition coefficient (Wildman–Crippen LogP) is 5.39. The lowest BCUT2D eigenvalue weighted by atomic mass is 10.1. The average molecular weight is 558 g/mol. The summed E-state index contributed by atoms with van der Waals surface area (Å²) in [5.74, 6) is -1.43. The van der Waals surface area contributed by atoms with Crippen LogP contribution in [0.4, 0.5) is 22.0 Å².